The number of carboxylic acids is 2. The normalized spacial score (nSPS) is 18.0. The summed E-state index contributed by atoms with van der Waals surface area (Å²) in [6.45, 7) is 5.93. The summed E-state index contributed by atoms with van der Waals surface area (Å²) in [5.41, 5.74) is 1.57. The number of benzene rings is 1. The first-order valence-electron chi connectivity index (χ1n) is 9.62. The maximum Gasteiger partial charge on any atom is 0.414 e. The number of carbonyl (C=O) groups is 3. The molecule has 1 aromatic carbocycles. The molecular formula is C22H26N2O6. The molecule has 8 heteroatoms. The minimum atomic E-state index is -1.82. The van der Waals surface area contributed by atoms with Gasteiger partial charge in [-0.15, -0.1) is 6.58 Å². The van der Waals surface area contributed by atoms with Crippen LogP contribution in [-0.2, 0) is 9.59 Å². The highest BCUT2D eigenvalue weighted by Gasteiger charge is 2.23. The number of nitrogens with one attached hydrogen (secondary N) is 1. The second kappa shape index (κ2) is 11.1. The third-order valence-corrected chi connectivity index (χ3v) is 5.15. The molecule has 0 radical (unpaired) electrons. The van der Waals surface area contributed by atoms with E-state index >= 15 is 0 Å². The zero-order valence-electron chi connectivity index (χ0n) is 16.8. The largest absolute Gasteiger partial charge is 0.497 e. The summed E-state index contributed by atoms with van der Waals surface area (Å²) in [5, 5.41) is 19.0. The van der Waals surface area contributed by atoms with Crippen molar-refractivity contribution in [1.82, 2.24) is 10.3 Å². The van der Waals surface area contributed by atoms with Crippen LogP contribution in [0.25, 0.3) is 10.9 Å². The molecule has 1 aliphatic rings. The molecule has 2 heterocycles. The molecule has 3 rings (SSSR count). The summed E-state index contributed by atoms with van der Waals surface area (Å²) in [7, 11) is 1.63. The number of ether oxygens (including phenoxy) is 1. The molecule has 0 saturated carbocycles. The van der Waals surface area contributed by atoms with Crippen LogP contribution >= 0.6 is 0 Å². The molecule has 0 amide bonds. The molecule has 30 heavy (non-hydrogen) atoms. The van der Waals surface area contributed by atoms with Crippen molar-refractivity contribution in [3.05, 3.63) is 48.7 Å². The number of ketones is 1. The fraction of sp³-hybridized carbons (Fsp3) is 0.364. The molecule has 1 aliphatic heterocycles. The SMILES string of the molecule is C=C[C@H]1CNCC[C@H]1CCC(=O)c1ccnc2ccc(OC)cc12.O=C(O)C(=O)O. The van der Waals surface area contributed by atoms with E-state index < -0.39 is 11.9 Å². The number of aliphatic carboxylic acids is 2. The van der Waals surface area contributed by atoms with Crippen molar-refractivity contribution in [3.63, 3.8) is 0 Å². The molecule has 1 fully saturated rings. The quantitative estimate of drug-likeness (QED) is 0.374. The highest BCUT2D eigenvalue weighted by Crippen LogP contribution is 2.28. The van der Waals surface area contributed by atoms with Crippen LogP contribution < -0.4 is 10.1 Å². The molecule has 2 atom stereocenters. The molecular weight excluding hydrogens is 388 g/mol. The Hall–Kier alpha value is -3.26. The van der Waals surface area contributed by atoms with Crippen molar-refractivity contribution < 1.29 is 29.3 Å². The lowest BCUT2D eigenvalue weighted by atomic mass is 9.82. The van der Waals surface area contributed by atoms with Gasteiger partial charge in [0.1, 0.15) is 5.75 Å². The van der Waals surface area contributed by atoms with Crippen LogP contribution in [0.2, 0.25) is 0 Å². The van der Waals surface area contributed by atoms with Crippen LogP contribution in [0.4, 0.5) is 0 Å². The van der Waals surface area contributed by atoms with Crippen molar-refractivity contribution in [2.75, 3.05) is 20.2 Å². The van der Waals surface area contributed by atoms with Gasteiger partial charge in [0.25, 0.3) is 0 Å². The number of hydrogen-bond acceptors (Lipinski definition) is 6. The number of rotatable bonds is 6. The Morgan fingerprint density at radius 1 is 1.27 bits per heavy atom. The third kappa shape index (κ3) is 6.12. The van der Waals surface area contributed by atoms with Crippen LogP contribution in [0.5, 0.6) is 5.75 Å². The molecule has 0 spiro atoms. The first kappa shape index (κ1) is 23.0. The predicted molar refractivity (Wildman–Crippen MR) is 112 cm³/mol. The van der Waals surface area contributed by atoms with E-state index in [1.165, 1.54) is 0 Å². The van der Waals surface area contributed by atoms with Crippen LogP contribution in [0, 0.1) is 11.8 Å². The zero-order valence-corrected chi connectivity index (χ0v) is 16.8. The zero-order chi connectivity index (χ0) is 22.1. The van der Waals surface area contributed by atoms with Crippen molar-refractivity contribution in [1.29, 1.82) is 0 Å². The Bertz CT molecular complexity index is 915. The summed E-state index contributed by atoms with van der Waals surface area (Å²) in [6.07, 6.45) is 6.30. The van der Waals surface area contributed by atoms with Gasteiger partial charge in [-0.1, -0.05) is 6.08 Å². The van der Waals surface area contributed by atoms with Crippen molar-refractivity contribution >= 4 is 28.6 Å². The van der Waals surface area contributed by atoms with E-state index in [4.69, 9.17) is 24.5 Å². The lowest BCUT2D eigenvalue weighted by Gasteiger charge is -2.29. The molecule has 2 aromatic rings. The second-order valence-electron chi connectivity index (χ2n) is 6.97. The van der Waals surface area contributed by atoms with E-state index in [0.29, 0.717) is 18.3 Å². The number of aromatic nitrogens is 1. The third-order valence-electron chi connectivity index (χ3n) is 5.15. The number of carboxylic acid groups (broad SMARTS) is 2. The summed E-state index contributed by atoms with van der Waals surface area (Å²) in [4.78, 5) is 35.3. The van der Waals surface area contributed by atoms with Gasteiger partial charge >= 0.3 is 11.9 Å². The van der Waals surface area contributed by atoms with Crippen molar-refractivity contribution in [2.45, 2.75) is 19.3 Å². The maximum atomic E-state index is 12.8. The van der Waals surface area contributed by atoms with Crippen LogP contribution in [0.3, 0.4) is 0 Å². The molecule has 8 nitrogen and oxygen atoms in total. The number of pyridine rings is 1. The fourth-order valence-electron chi connectivity index (χ4n) is 3.52. The van der Waals surface area contributed by atoms with Gasteiger partial charge in [-0.3, -0.25) is 9.78 Å². The average molecular weight is 414 g/mol. The molecule has 0 aliphatic carbocycles. The van der Waals surface area contributed by atoms with Gasteiger partial charge in [0.2, 0.25) is 0 Å². The highest BCUT2D eigenvalue weighted by atomic mass is 16.5. The Labute approximate surface area is 174 Å². The van der Waals surface area contributed by atoms with Crippen molar-refractivity contribution in [3.8, 4) is 5.75 Å². The topological polar surface area (TPSA) is 126 Å². The Morgan fingerprint density at radius 3 is 2.63 bits per heavy atom. The molecule has 0 unspecified atom stereocenters. The molecule has 3 N–H and O–H groups in total. The fourth-order valence-corrected chi connectivity index (χ4v) is 3.52. The summed E-state index contributed by atoms with van der Waals surface area (Å²) in [6, 6.07) is 7.48. The predicted octanol–water partition coefficient (Wildman–Crippen LogP) is 2.77. The smallest absolute Gasteiger partial charge is 0.414 e. The van der Waals surface area contributed by atoms with E-state index in [0.717, 1.165) is 48.1 Å². The number of carbonyl (C=O) groups excluding carboxylic acids is 1. The van der Waals surface area contributed by atoms with Gasteiger partial charge in [-0.05, 0) is 55.5 Å². The minimum Gasteiger partial charge on any atom is -0.497 e. The van der Waals surface area contributed by atoms with Gasteiger partial charge in [-0.25, -0.2) is 9.59 Å². The van der Waals surface area contributed by atoms with Gasteiger partial charge in [0.05, 0.1) is 12.6 Å². The lowest BCUT2D eigenvalue weighted by Crippen LogP contribution is -2.35. The first-order valence-corrected chi connectivity index (χ1v) is 9.62. The monoisotopic (exact) mass is 414 g/mol. The molecule has 0 bridgehead atoms. The number of Topliss-reactive ketones (excluding diaryl/α,β-unsaturated/α-hetero) is 1. The van der Waals surface area contributed by atoms with Crippen LogP contribution in [-0.4, -0.2) is 53.1 Å². The van der Waals surface area contributed by atoms with Gasteiger partial charge in [0.15, 0.2) is 5.78 Å². The first-order chi connectivity index (χ1) is 14.4. The summed E-state index contributed by atoms with van der Waals surface area (Å²) >= 11 is 0. The van der Waals surface area contributed by atoms with E-state index in [9.17, 15) is 4.79 Å². The number of hydrogen-bond donors (Lipinski definition) is 3. The minimum absolute atomic E-state index is 0.178. The van der Waals surface area contributed by atoms with E-state index in [2.05, 4.69) is 16.9 Å². The summed E-state index contributed by atoms with van der Waals surface area (Å²) < 4.78 is 5.28. The molecule has 1 aromatic heterocycles. The van der Waals surface area contributed by atoms with Crippen molar-refractivity contribution in [2.24, 2.45) is 11.8 Å². The van der Waals surface area contributed by atoms with Crippen LogP contribution in [0.1, 0.15) is 29.6 Å². The Balaban J connectivity index is 0.000000469. The Kier molecular flexibility index (Phi) is 8.49. The number of piperidine rings is 1. The van der Waals surface area contributed by atoms with Crippen LogP contribution in [0.15, 0.2) is 43.1 Å². The maximum absolute atomic E-state index is 12.8. The van der Waals surface area contributed by atoms with Gasteiger partial charge < -0.3 is 20.3 Å². The van der Waals surface area contributed by atoms with Gasteiger partial charge in [-0.2, -0.15) is 0 Å². The molecule has 160 valence electrons. The number of methoxy groups -OCH3 is 1. The number of nitrogens with zero attached hydrogens (tertiary/aromatic N) is 1. The average Bonchev–Trinajstić information content (AvgIpc) is 2.77. The number of fused-ring (bicyclic) bond motifs is 1. The Morgan fingerprint density at radius 2 is 2.00 bits per heavy atom. The van der Waals surface area contributed by atoms with Gasteiger partial charge in [0, 0.05) is 30.1 Å². The molecule has 1 saturated heterocycles. The second-order valence-corrected chi connectivity index (χ2v) is 6.97. The lowest BCUT2D eigenvalue weighted by molar-refractivity contribution is -0.159. The standard InChI is InChI=1S/C20H24N2O2.C2H2O4/c1-3-14-13-21-10-8-15(14)4-7-20(23)17-9-11-22-19-6-5-16(24-2)12-18(17)19;3-1(4)2(5)6/h3,5-6,9,11-12,14-15,21H,1,4,7-8,10,13H2,2H3;(H,3,4)(H,5,6)/t14-,15+;/m0./s1. The van der Waals surface area contributed by atoms with E-state index in [1.807, 2.05) is 30.3 Å². The van der Waals surface area contributed by atoms with E-state index in [1.54, 1.807) is 13.3 Å². The van der Waals surface area contributed by atoms with E-state index in [-0.39, 0.29) is 5.78 Å². The highest BCUT2D eigenvalue weighted by molar-refractivity contribution is 6.27. The summed E-state index contributed by atoms with van der Waals surface area (Å²) in [5.74, 6) is -1.73.